The first-order chi connectivity index (χ1) is 15.0. The van der Waals surface area contributed by atoms with Gasteiger partial charge in [-0.3, -0.25) is 4.79 Å². The van der Waals surface area contributed by atoms with Crippen LogP contribution in [0.4, 0.5) is 5.69 Å². The van der Waals surface area contributed by atoms with E-state index in [9.17, 15) is 4.79 Å². The van der Waals surface area contributed by atoms with E-state index in [1.165, 1.54) is 11.8 Å². The molecule has 0 bridgehead atoms. The van der Waals surface area contributed by atoms with Gasteiger partial charge in [-0.1, -0.05) is 52.3 Å². The third kappa shape index (κ3) is 6.11. The molecule has 4 rings (SSSR count). The molecule has 1 fully saturated rings. The van der Waals surface area contributed by atoms with Gasteiger partial charge in [-0.2, -0.15) is 0 Å². The summed E-state index contributed by atoms with van der Waals surface area (Å²) >= 11 is 9.32. The number of ether oxygens (including phenoxy) is 1. The zero-order chi connectivity index (χ0) is 21.8. The SMILES string of the molecule is O=C1NC(=Nc2cccc(Br)c2)S/C1=C\c1cc(I)c(OCc2ccccc2)c(I)c1. The van der Waals surface area contributed by atoms with E-state index in [1.807, 2.05) is 72.8 Å². The molecule has 0 atom stereocenters. The average Bonchev–Trinajstić information content (AvgIpc) is 3.06. The van der Waals surface area contributed by atoms with Crippen LogP contribution in [0.15, 0.2) is 81.1 Å². The van der Waals surface area contributed by atoms with Crippen LogP contribution in [0.5, 0.6) is 5.75 Å². The first-order valence-corrected chi connectivity index (χ1v) is 13.0. The second-order valence-corrected chi connectivity index (χ2v) is 10.8. The van der Waals surface area contributed by atoms with Crippen molar-refractivity contribution < 1.29 is 9.53 Å². The fourth-order valence-electron chi connectivity index (χ4n) is 2.83. The van der Waals surface area contributed by atoms with Crippen molar-refractivity contribution in [2.45, 2.75) is 6.61 Å². The molecular weight excluding hydrogens is 702 g/mol. The predicted molar refractivity (Wildman–Crippen MR) is 148 cm³/mol. The number of nitrogens with zero attached hydrogens (tertiary/aromatic N) is 1. The fraction of sp³-hybridized carbons (Fsp3) is 0.0435. The Kier molecular flexibility index (Phi) is 7.72. The van der Waals surface area contributed by atoms with E-state index >= 15 is 0 Å². The van der Waals surface area contributed by atoms with Gasteiger partial charge in [0, 0.05) is 4.47 Å². The highest BCUT2D eigenvalue weighted by Gasteiger charge is 2.24. The molecule has 0 unspecified atom stereocenters. The molecule has 31 heavy (non-hydrogen) atoms. The number of thioether (sulfide) groups is 1. The lowest BCUT2D eigenvalue weighted by molar-refractivity contribution is -0.115. The monoisotopic (exact) mass is 716 g/mol. The molecule has 1 aliphatic rings. The maximum Gasteiger partial charge on any atom is 0.264 e. The van der Waals surface area contributed by atoms with E-state index in [4.69, 9.17) is 4.74 Å². The summed E-state index contributed by atoms with van der Waals surface area (Å²) in [5, 5.41) is 3.40. The number of carbonyl (C=O) groups is 1. The minimum atomic E-state index is -0.145. The van der Waals surface area contributed by atoms with Crippen LogP contribution in [0, 0.1) is 7.14 Å². The van der Waals surface area contributed by atoms with Crippen molar-refractivity contribution in [3.05, 3.63) is 94.4 Å². The van der Waals surface area contributed by atoms with E-state index in [0.29, 0.717) is 16.7 Å². The normalized spacial score (nSPS) is 16.0. The Morgan fingerprint density at radius 2 is 1.77 bits per heavy atom. The minimum Gasteiger partial charge on any atom is -0.487 e. The first-order valence-electron chi connectivity index (χ1n) is 9.19. The molecule has 4 nitrogen and oxygen atoms in total. The molecule has 1 N–H and O–H groups in total. The Labute approximate surface area is 220 Å². The van der Waals surface area contributed by atoms with Crippen LogP contribution in [-0.4, -0.2) is 11.1 Å². The van der Waals surface area contributed by atoms with Crippen molar-refractivity contribution >= 4 is 95.7 Å². The summed E-state index contributed by atoms with van der Waals surface area (Å²) in [7, 11) is 0. The van der Waals surface area contributed by atoms with Gasteiger partial charge in [0.2, 0.25) is 0 Å². The summed E-state index contributed by atoms with van der Waals surface area (Å²) < 4.78 is 8.99. The lowest BCUT2D eigenvalue weighted by Gasteiger charge is -2.11. The van der Waals surface area contributed by atoms with Crippen molar-refractivity contribution in [2.75, 3.05) is 0 Å². The second-order valence-electron chi connectivity index (χ2n) is 6.55. The molecular formula is C23H15BrI2N2O2S. The van der Waals surface area contributed by atoms with Crippen LogP contribution in [0.1, 0.15) is 11.1 Å². The number of hydrogen-bond donors (Lipinski definition) is 1. The summed E-state index contributed by atoms with van der Waals surface area (Å²) in [6.07, 6.45) is 1.88. The highest BCUT2D eigenvalue weighted by molar-refractivity contribution is 14.1. The first kappa shape index (κ1) is 22.8. The lowest BCUT2D eigenvalue weighted by Crippen LogP contribution is -2.19. The van der Waals surface area contributed by atoms with Gasteiger partial charge in [-0.25, -0.2) is 4.99 Å². The molecule has 0 spiro atoms. The van der Waals surface area contributed by atoms with Crippen LogP contribution in [-0.2, 0) is 11.4 Å². The Balaban J connectivity index is 1.51. The summed E-state index contributed by atoms with van der Waals surface area (Å²) in [6, 6.07) is 21.8. The summed E-state index contributed by atoms with van der Waals surface area (Å²) in [4.78, 5) is 17.6. The third-order valence-corrected chi connectivity index (χ3v) is 7.24. The molecule has 3 aromatic rings. The third-order valence-electron chi connectivity index (χ3n) is 4.23. The zero-order valence-corrected chi connectivity index (χ0v) is 22.7. The van der Waals surface area contributed by atoms with Crippen LogP contribution in [0.3, 0.4) is 0 Å². The molecule has 1 amide bonds. The highest BCUT2D eigenvalue weighted by Crippen LogP contribution is 2.33. The molecule has 1 saturated heterocycles. The van der Waals surface area contributed by atoms with E-state index in [2.05, 4.69) is 71.4 Å². The smallest absolute Gasteiger partial charge is 0.264 e. The molecule has 0 saturated carbocycles. The molecule has 3 aromatic carbocycles. The van der Waals surface area contributed by atoms with Gasteiger partial charge >= 0.3 is 0 Å². The van der Waals surface area contributed by atoms with Gasteiger partial charge in [0.25, 0.3) is 5.91 Å². The van der Waals surface area contributed by atoms with Crippen molar-refractivity contribution in [3.63, 3.8) is 0 Å². The Bertz CT molecular complexity index is 1180. The summed E-state index contributed by atoms with van der Waals surface area (Å²) in [5.74, 6) is 0.709. The van der Waals surface area contributed by atoms with E-state index < -0.39 is 0 Å². The number of aliphatic imine (C=N–C) groups is 1. The quantitative estimate of drug-likeness (QED) is 0.226. The molecule has 1 aliphatic heterocycles. The predicted octanol–water partition coefficient (Wildman–Crippen LogP) is 7.13. The van der Waals surface area contributed by atoms with Gasteiger partial charge in [0.15, 0.2) is 5.17 Å². The van der Waals surface area contributed by atoms with Gasteiger partial charge in [-0.15, -0.1) is 0 Å². The fourth-order valence-corrected chi connectivity index (χ4v) is 6.18. The van der Waals surface area contributed by atoms with Crippen LogP contribution in [0.25, 0.3) is 6.08 Å². The van der Waals surface area contributed by atoms with Crippen molar-refractivity contribution in [1.29, 1.82) is 0 Å². The molecule has 0 aromatic heterocycles. The number of nitrogens with one attached hydrogen (secondary N) is 1. The number of hydrogen-bond acceptors (Lipinski definition) is 4. The number of amidine groups is 1. The lowest BCUT2D eigenvalue weighted by atomic mass is 10.2. The van der Waals surface area contributed by atoms with E-state index in [1.54, 1.807) is 0 Å². The van der Waals surface area contributed by atoms with E-state index in [0.717, 1.165) is 34.2 Å². The second kappa shape index (κ2) is 10.5. The van der Waals surface area contributed by atoms with Crippen molar-refractivity contribution in [3.8, 4) is 5.75 Å². The molecule has 0 radical (unpaired) electrons. The number of carbonyl (C=O) groups excluding carboxylic acids is 1. The van der Waals surface area contributed by atoms with Crippen LogP contribution < -0.4 is 10.1 Å². The number of benzene rings is 3. The number of halogens is 3. The Morgan fingerprint density at radius 1 is 1.03 bits per heavy atom. The maximum atomic E-state index is 12.4. The molecule has 0 aliphatic carbocycles. The minimum absolute atomic E-state index is 0.145. The largest absolute Gasteiger partial charge is 0.487 e. The average molecular weight is 717 g/mol. The van der Waals surface area contributed by atoms with Crippen molar-refractivity contribution in [2.24, 2.45) is 4.99 Å². The number of amides is 1. The molecule has 156 valence electrons. The molecule has 1 heterocycles. The van der Waals surface area contributed by atoms with Crippen LogP contribution in [0.2, 0.25) is 0 Å². The number of rotatable bonds is 5. The zero-order valence-electron chi connectivity index (χ0n) is 15.9. The highest BCUT2D eigenvalue weighted by atomic mass is 127. The summed E-state index contributed by atoms with van der Waals surface area (Å²) in [6.45, 7) is 0.515. The van der Waals surface area contributed by atoms with Crippen LogP contribution >= 0.6 is 72.9 Å². The Hall–Kier alpha value is -1.37. The Morgan fingerprint density at radius 3 is 2.48 bits per heavy atom. The van der Waals surface area contributed by atoms with Gasteiger partial charge < -0.3 is 10.1 Å². The molecule has 8 heteroatoms. The summed E-state index contributed by atoms with van der Waals surface area (Å²) in [5.41, 5.74) is 2.85. The maximum absolute atomic E-state index is 12.4. The van der Waals surface area contributed by atoms with Gasteiger partial charge in [0.05, 0.1) is 17.7 Å². The standard InChI is InChI=1S/C23H15BrI2N2O2S/c24-16-7-4-8-17(12-16)27-23-28-22(29)20(31-23)11-15-9-18(25)21(19(26)10-15)30-13-14-5-2-1-3-6-14/h1-12H,13H2,(H,27,28,29)/b20-11-. The van der Waals surface area contributed by atoms with Crippen molar-refractivity contribution in [1.82, 2.24) is 5.32 Å². The van der Waals surface area contributed by atoms with E-state index in [-0.39, 0.29) is 5.91 Å². The van der Waals surface area contributed by atoms with Gasteiger partial charge in [-0.05, 0) is 104 Å². The topological polar surface area (TPSA) is 50.7 Å². The van der Waals surface area contributed by atoms with Gasteiger partial charge in [0.1, 0.15) is 12.4 Å².